The Bertz CT molecular complexity index is 4640. The Morgan fingerprint density at radius 3 is 1.19 bits per heavy atom. The molecule has 322 valence electrons. The molecular formula is C64H34N4S2. The largest absolute Gasteiger partial charge is 0.306 e. The number of rotatable bonds is 4. The molecule has 70 heavy (non-hydrogen) atoms. The second-order valence-corrected chi connectivity index (χ2v) is 20.2. The fourth-order valence-electron chi connectivity index (χ4n) is 11.6. The van der Waals surface area contributed by atoms with E-state index < -0.39 is 0 Å². The van der Waals surface area contributed by atoms with Crippen molar-refractivity contribution in [2.75, 3.05) is 0 Å². The smallest absolute Gasteiger partial charge is 0.102 e. The number of fused-ring (bicyclic) bond motifs is 16. The van der Waals surface area contributed by atoms with Gasteiger partial charge in [0.2, 0.25) is 0 Å². The first-order valence-corrected chi connectivity index (χ1v) is 25.0. The van der Waals surface area contributed by atoms with E-state index in [0.29, 0.717) is 16.7 Å². The third-order valence-electron chi connectivity index (χ3n) is 14.6. The quantitative estimate of drug-likeness (QED) is 0.177. The van der Waals surface area contributed by atoms with Crippen molar-refractivity contribution < 1.29 is 0 Å². The van der Waals surface area contributed by atoms with E-state index in [0.717, 1.165) is 103 Å². The third kappa shape index (κ3) is 5.32. The Labute approximate surface area is 408 Å². The standard InChI is InChI=1S/C64H34N4S2/c65-35-51-57(41-27-25-37-13-1-3-15-39(37)33-41)52(36-66)60(68-54-22-10-6-18-44(54)48-30-32-50-46-20-8-12-24-56(46)70-64(50)62(48)68)58(42-28-26-38-14-2-4-16-40(38)34-42)59(51)67-53-21-9-5-17-43(53)47-29-31-49-45-19-7-11-23-55(45)69-63(49)61(47)67/h1-34H. The van der Waals surface area contributed by atoms with Crippen molar-refractivity contribution >= 4 is 128 Å². The van der Waals surface area contributed by atoms with Crippen molar-refractivity contribution in [2.24, 2.45) is 0 Å². The van der Waals surface area contributed by atoms with Crippen LogP contribution in [0.4, 0.5) is 0 Å². The molecule has 0 N–H and O–H groups in total. The number of hydrogen-bond donors (Lipinski definition) is 0. The number of hydrogen-bond acceptors (Lipinski definition) is 4. The van der Waals surface area contributed by atoms with Gasteiger partial charge in [-0.05, 0) is 69.1 Å². The van der Waals surface area contributed by atoms with Crippen molar-refractivity contribution in [1.82, 2.24) is 9.13 Å². The van der Waals surface area contributed by atoms with E-state index >= 15 is 0 Å². The van der Waals surface area contributed by atoms with Gasteiger partial charge in [0.25, 0.3) is 0 Å². The molecule has 11 aromatic carbocycles. The molecule has 4 heterocycles. The van der Waals surface area contributed by atoms with Crippen LogP contribution in [0.5, 0.6) is 0 Å². The summed E-state index contributed by atoms with van der Waals surface area (Å²) in [6, 6.07) is 78.9. The summed E-state index contributed by atoms with van der Waals surface area (Å²) >= 11 is 3.58. The van der Waals surface area contributed by atoms with E-state index in [1.165, 1.54) is 30.9 Å². The maximum Gasteiger partial charge on any atom is 0.102 e. The minimum atomic E-state index is 0.437. The zero-order valence-corrected chi connectivity index (χ0v) is 38.9. The van der Waals surface area contributed by atoms with Gasteiger partial charge in [-0.3, -0.25) is 0 Å². The normalized spacial score (nSPS) is 12.0. The van der Waals surface area contributed by atoms with Crippen LogP contribution in [0.25, 0.3) is 139 Å². The Kier molecular flexibility index (Phi) is 8.21. The lowest BCUT2D eigenvalue weighted by molar-refractivity contribution is 1.13. The van der Waals surface area contributed by atoms with Crippen LogP contribution in [0.15, 0.2) is 206 Å². The average molecular weight is 923 g/mol. The van der Waals surface area contributed by atoms with Gasteiger partial charge in [-0.25, -0.2) is 0 Å². The van der Waals surface area contributed by atoms with Gasteiger partial charge in [-0.2, -0.15) is 10.5 Å². The van der Waals surface area contributed by atoms with Gasteiger partial charge in [0.05, 0.1) is 54.0 Å². The van der Waals surface area contributed by atoms with E-state index in [1.54, 1.807) is 22.7 Å². The molecule has 0 aliphatic carbocycles. The summed E-state index contributed by atoms with van der Waals surface area (Å²) in [5, 5.41) is 37.8. The summed E-state index contributed by atoms with van der Waals surface area (Å²) in [5.74, 6) is 0. The van der Waals surface area contributed by atoms with Crippen LogP contribution >= 0.6 is 22.7 Å². The molecule has 15 rings (SSSR count). The third-order valence-corrected chi connectivity index (χ3v) is 16.9. The fourth-order valence-corrected chi connectivity index (χ4v) is 14.0. The molecule has 6 heteroatoms. The number of aromatic nitrogens is 2. The fraction of sp³-hybridized carbons (Fsp3) is 0. The minimum absolute atomic E-state index is 0.437. The lowest BCUT2D eigenvalue weighted by atomic mass is 9.85. The van der Waals surface area contributed by atoms with Crippen molar-refractivity contribution in [2.45, 2.75) is 0 Å². The van der Waals surface area contributed by atoms with Gasteiger partial charge in [-0.1, -0.05) is 170 Å². The molecule has 0 saturated heterocycles. The van der Waals surface area contributed by atoms with Crippen LogP contribution in [-0.4, -0.2) is 9.13 Å². The first-order valence-electron chi connectivity index (χ1n) is 23.4. The van der Waals surface area contributed by atoms with E-state index in [1.807, 2.05) is 12.1 Å². The predicted octanol–water partition coefficient (Wildman–Crippen LogP) is 18.0. The van der Waals surface area contributed by atoms with Crippen molar-refractivity contribution in [1.29, 1.82) is 10.5 Å². The molecule has 0 unspecified atom stereocenters. The summed E-state index contributed by atoms with van der Waals surface area (Å²) in [6.07, 6.45) is 0. The number of nitrogens with zero attached hydrogens (tertiary/aromatic N) is 4. The Balaban J connectivity index is 1.25. The van der Waals surface area contributed by atoms with Gasteiger partial charge in [0.1, 0.15) is 12.1 Å². The Hall–Kier alpha value is -9.04. The Morgan fingerprint density at radius 2 is 0.714 bits per heavy atom. The van der Waals surface area contributed by atoms with Crippen LogP contribution in [-0.2, 0) is 0 Å². The van der Waals surface area contributed by atoms with Crippen LogP contribution in [0, 0.1) is 22.7 Å². The molecule has 4 aromatic heterocycles. The predicted molar refractivity (Wildman–Crippen MR) is 296 cm³/mol. The summed E-state index contributed by atoms with van der Waals surface area (Å²) in [7, 11) is 0. The monoisotopic (exact) mass is 922 g/mol. The van der Waals surface area contributed by atoms with Crippen LogP contribution in [0.1, 0.15) is 11.1 Å². The molecule has 0 aliphatic rings. The molecule has 0 aliphatic heterocycles. The van der Waals surface area contributed by atoms with Crippen LogP contribution in [0.3, 0.4) is 0 Å². The zero-order valence-electron chi connectivity index (χ0n) is 37.2. The molecule has 0 amide bonds. The molecule has 0 fully saturated rings. The number of benzene rings is 11. The lowest BCUT2D eigenvalue weighted by Crippen LogP contribution is -2.11. The Morgan fingerprint density at radius 1 is 0.329 bits per heavy atom. The van der Waals surface area contributed by atoms with E-state index in [-0.39, 0.29) is 0 Å². The first-order chi connectivity index (χ1) is 34.7. The van der Waals surface area contributed by atoms with Gasteiger partial charge in [-0.15, -0.1) is 22.7 Å². The van der Waals surface area contributed by atoms with E-state index in [9.17, 15) is 10.5 Å². The number of nitriles is 2. The van der Waals surface area contributed by atoms with E-state index in [4.69, 9.17) is 0 Å². The van der Waals surface area contributed by atoms with Gasteiger partial charge < -0.3 is 9.13 Å². The van der Waals surface area contributed by atoms with Gasteiger partial charge in [0.15, 0.2) is 0 Å². The topological polar surface area (TPSA) is 57.4 Å². The van der Waals surface area contributed by atoms with Crippen LogP contribution < -0.4 is 0 Å². The highest BCUT2D eigenvalue weighted by atomic mass is 32.1. The molecule has 0 atom stereocenters. The first kappa shape index (κ1) is 39.0. The van der Waals surface area contributed by atoms with Crippen molar-refractivity contribution in [3.63, 3.8) is 0 Å². The summed E-state index contributed by atoms with van der Waals surface area (Å²) in [6.45, 7) is 0. The molecule has 0 radical (unpaired) electrons. The number of thiophene rings is 2. The van der Waals surface area contributed by atoms with Crippen molar-refractivity contribution in [3.8, 4) is 45.8 Å². The average Bonchev–Trinajstić information content (AvgIpc) is 4.18. The highest BCUT2D eigenvalue weighted by Gasteiger charge is 2.33. The molecule has 4 nitrogen and oxygen atoms in total. The molecule has 0 spiro atoms. The SMILES string of the molecule is N#Cc1c(-c2ccc3ccccc3c2)c(C#N)c(-n2c3ccccc3c3ccc4c5ccccc5sc4c32)c(-c2ccc3ccccc3c2)c1-n1c2ccccc2c2ccc3c4ccccc4sc3c21. The molecule has 15 aromatic rings. The highest BCUT2D eigenvalue weighted by Crippen LogP contribution is 2.52. The highest BCUT2D eigenvalue weighted by molar-refractivity contribution is 7.27. The maximum atomic E-state index is 12.2. The van der Waals surface area contributed by atoms with Gasteiger partial charge in [0, 0.05) is 63.6 Å². The summed E-state index contributed by atoms with van der Waals surface area (Å²) in [5.41, 5.74) is 9.51. The summed E-state index contributed by atoms with van der Waals surface area (Å²) < 4.78 is 9.45. The zero-order chi connectivity index (χ0) is 46.2. The van der Waals surface area contributed by atoms with Gasteiger partial charge >= 0.3 is 0 Å². The van der Waals surface area contributed by atoms with Crippen LogP contribution in [0.2, 0.25) is 0 Å². The number of para-hydroxylation sites is 2. The summed E-state index contributed by atoms with van der Waals surface area (Å²) in [4.78, 5) is 0. The second-order valence-electron chi connectivity index (χ2n) is 18.1. The molecule has 0 bridgehead atoms. The second kappa shape index (κ2) is 14.7. The van der Waals surface area contributed by atoms with E-state index in [2.05, 4.69) is 215 Å². The molecule has 0 saturated carbocycles. The van der Waals surface area contributed by atoms with Crippen molar-refractivity contribution in [3.05, 3.63) is 217 Å². The lowest BCUT2D eigenvalue weighted by Gasteiger charge is -2.26. The molecular weight excluding hydrogens is 889 g/mol. The maximum absolute atomic E-state index is 12.2. The minimum Gasteiger partial charge on any atom is -0.306 e.